The van der Waals surface area contributed by atoms with Gasteiger partial charge in [0.1, 0.15) is 22.1 Å². The summed E-state index contributed by atoms with van der Waals surface area (Å²) in [7, 11) is -2.70. The van der Waals surface area contributed by atoms with Gasteiger partial charge in [-0.15, -0.1) is 4.72 Å². The normalized spacial score (nSPS) is 20.5. The Balaban J connectivity index is 1.35. The van der Waals surface area contributed by atoms with E-state index in [1.54, 1.807) is 54.9 Å². The highest BCUT2D eigenvalue weighted by atomic mass is 35.5. The van der Waals surface area contributed by atoms with E-state index in [0.717, 1.165) is 34.5 Å². The van der Waals surface area contributed by atoms with Crippen molar-refractivity contribution in [3.63, 3.8) is 0 Å². The number of ether oxygens (including phenoxy) is 1. The van der Waals surface area contributed by atoms with Crippen molar-refractivity contribution < 1.29 is 26.9 Å². The third kappa shape index (κ3) is 7.72. The van der Waals surface area contributed by atoms with Gasteiger partial charge in [-0.25, -0.2) is 12.8 Å². The highest BCUT2D eigenvalue weighted by Crippen LogP contribution is 2.43. The molecule has 3 aromatic carbocycles. The van der Waals surface area contributed by atoms with Gasteiger partial charge in [-0.05, 0) is 110 Å². The van der Waals surface area contributed by atoms with E-state index < -0.39 is 55.5 Å². The average molecular weight is 741 g/mol. The maximum atomic E-state index is 15.6. The van der Waals surface area contributed by atoms with Crippen LogP contribution in [0.2, 0.25) is 5.02 Å². The minimum Gasteiger partial charge on any atom is -0.598 e. The molecule has 1 saturated heterocycles. The molecule has 2 aliphatic rings. The predicted octanol–water partition coefficient (Wildman–Crippen LogP) is 6.93. The van der Waals surface area contributed by atoms with Crippen molar-refractivity contribution in [2.24, 2.45) is 5.92 Å². The highest BCUT2D eigenvalue weighted by molar-refractivity contribution is 7.90. The van der Waals surface area contributed by atoms with Gasteiger partial charge in [0.05, 0.1) is 16.7 Å². The number of carbonyl (C=O) groups excluding carboxylic acids is 1. The van der Waals surface area contributed by atoms with Crippen LogP contribution in [0.3, 0.4) is 0 Å². The number of aromatic nitrogens is 1. The molecule has 1 aliphatic heterocycles. The molecule has 50 heavy (non-hydrogen) atoms. The second-order valence-electron chi connectivity index (χ2n) is 14.1. The van der Waals surface area contributed by atoms with E-state index in [1.807, 2.05) is 32.9 Å². The third-order valence-electron chi connectivity index (χ3n) is 9.57. The lowest BCUT2D eigenvalue weighted by Gasteiger charge is -2.39. The lowest BCUT2D eigenvalue weighted by molar-refractivity contribution is -0.119. The fraction of sp³-hybridized carbons (Fsp3) is 0.405. The van der Waals surface area contributed by atoms with Gasteiger partial charge in [0.15, 0.2) is 0 Å². The molecular formula is C37H42ClFN4O5S2. The molecule has 266 valence electrons. The Morgan fingerprint density at radius 3 is 2.42 bits per heavy atom. The van der Waals surface area contributed by atoms with Gasteiger partial charge in [-0.2, -0.15) is 4.31 Å². The monoisotopic (exact) mass is 740 g/mol. The first-order chi connectivity index (χ1) is 23.7. The molecule has 2 fully saturated rings. The van der Waals surface area contributed by atoms with Crippen molar-refractivity contribution in [1.82, 2.24) is 14.0 Å². The van der Waals surface area contributed by atoms with Crippen LogP contribution in [0.25, 0.3) is 10.8 Å². The summed E-state index contributed by atoms with van der Waals surface area (Å²) >= 11 is 4.60. The zero-order chi connectivity index (χ0) is 35.8. The van der Waals surface area contributed by atoms with Crippen LogP contribution in [0.4, 0.5) is 10.1 Å². The Kier molecular flexibility index (Phi) is 10.6. The topological polar surface area (TPSA) is 124 Å². The summed E-state index contributed by atoms with van der Waals surface area (Å²) < 4.78 is 66.9. The van der Waals surface area contributed by atoms with Gasteiger partial charge < -0.3 is 14.6 Å². The van der Waals surface area contributed by atoms with Crippen molar-refractivity contribution in [3.8, 4) is 0 Å². The van der Waals surface area contributed by atoms with Crippen molar-refractivity contribution in [2.75, 3.05) is 19.0 Å². The number of pyridine rings is 1. The molecule has 0 bridgehead atoms. The van der Waals surface area contributed by atoms with E-state index in [0.29, 0.717) is 28.3 Å². The third-order valence-corrected chi connectivity index (χ3v) is 13.3. The Morgan fingerprint density at radius 1 is 1.04 bits per heavy atom. The van der Waals surface area contributed by atoms with Crippen LogP contribution in [-0.2, 0) is 36.5 Å². The van der Waals surface area contributed by atoms with E-state index in [-0.39, 0.29) is 23.5 Å². The molecule has 3 unspecified atom stereocenters. The minimum atomic E-state index is -4.17. The van der Waals surface area contributed by atoms with Gasteiger partial charge >= 0.3 is 0 Å². The molecule has 13 heteroatoms. The number of hydrogen-bond acceptors (Lipinski definition) is 7. The van der Waals surface area contributed by atoms with Gasteiger partial charge in [0, 0.05) is 48.9 Å². The predicted molar refractivity (Wildman–Crippen MR) is 195 cm³/mol. The van der Waals surface area contributed by atoms with Crippen LogP contribution in [-0.4, -0.2) is 58.7 Å². The molecule has 2 N–H and O–H groups in total. The standard InChI is InChI=1S/C37H42ClFN4O5S2/c1-36(2,3)49(45)42-37(16-13-24-5-6-24,27-14-17-40-18-15-27)28-9-12-32(39)33(21-28)41-35(44)34-22-30(48-4)23-43(34)50(46,47)31-11-8-25-19-29(38)10-7-26(25)20-31/h7-12,14-15,17-21,24,30,34,42H,5-6,13,16,22-23H2,1-4H3,(H,41,44)/t30?,34?,37-,49?/m1/s1. The molecule has 2 heterocycles. The minimum absolute atomic E-state index is 0.0192. The maximum absolute atomic E-state index is 15.6. The van der Waals surface area contributed by atoms with E-state index >= 15 is 4.39 Å². The number of nitrogens with zero attached hydrogens (tertiary/aromatic N) is 2. The van der Waals surface area contributed by atoms with Gasteiger partial charge in [0.25, 0.3) is 0 Å². The summed E-state index contributed by atoms with van der Waals surface area (Å²) in [5.41, 5.74) is 0.312. The van der Waals surface area contributed by atoms with Crippen molar-refractivity contribution >= 4 is 55.4 Å². The maximum Gasteiger partial charge on any atom is 0.243 e. The van der Waals surface area contributed by atoms with E-state index in [9.17, 15) is 17.8 Å². The molecule has 9 nitrogen and oxygen atoms in total. The van der Waals surface area contributed by atoms with Crippen molar-refractivity contribution in [2.45, 2.75) is 80.2 Å². The Hall–Kier alpha value is -3.10. The van der Waals surface area contributed by atoms with Crippen LogP contribution in [0.5, 0.6) is 0 Å². The quantitative estimate of drug-likeness (QED) is 0.151. The summed E-state index contributed by atoms with van der Waals surface area (Å²) in [4.78, 5) is 18.2. The Morgan fingerprint density at radius 2 is 1.74 bits per heavy atom. The number of fused-ring (bicyclic) bond motifs is 1. The SMILES string of the molecule is COC1CC(C(=O)Nc2cc([C@](CCC3CC3)(N[S+]([O-])C(C)(C)C)c3ccncc3)ccc2F)N(S(=O)(=O)c2ccc3cc(Cl)ccc3c2)C1. The number of hydrogen-bond donors (Lipinski definition) is 2. The fourth-order valence-corrected chi connectivity index (χ4v) is 9.24. The fourth-order valence-electron chi connectivity index (χ4n) is 6.44. The smallest absolute Gasteiger partial charge is 0.243 e. The number of halogens is 2. The molecule has 4 atom stereocenters. The molecule has 6 rings (SSSR count). The average Bonchev–Trinajstić information content (AvgIpc) is 3.82. The second kappa shape index (κ2) is 14.5. The number of rotatable bonds is 12. The van der Waals surface area contributed by atoms with Gasteiger partial charge in [-0.3, -0.25) is 9.78 Å². The summed E-state index contributed by atoms with van der Waals surface area (Å²) in [6.45, 7) is 5.60. The molecule has 0 radical (unpaired) electrons. The first-order valence-electron chi connectivity index (χ1n) is 16.7. The number of nitrogens with one attached hydrogen (secondary N) is 2. The number of benzene rings is 3. The van der Waals surface area contributed by atoms with E-state index in [1.165, 1.54) is 19.2 Å². The van der Waals surface area contributed by atoms with E-state index in [4.69, 9.17) is 16.3 Å². The van der Waals surface area contributed by atoms with Crippen molar-refractivity contribution in [3.05, 3.63) is 101 Å². The molecule has 1 aromatic heterocycles. The van der Waals surface area contributed by atoms with Crippen molar-refractivity contribution in [1.29, 1.82) is 0 Å². The van der Waals surface area contributed by atoms with Crippen LogP contribution in [0.1, 0.15) is 64.0 Å². The van der Waals surface area contributed by atoms with Crippen LogP contribution in [0.15, 0.2) is 84.0 Å². The second-order valence-corrected chi connectivity index (χ2v) is 18.4. The largest absolute Gasteiger partial charge is 0.598 e. The molecule has 1 aliphatic carbocycles. The highest BCUT2D eigenvalue weighted by Gasteiger charge is 2.46. The van der Waals surface area contributed by atoms with Crippen LogP contribution < -0.4 is 10.0 Å². The Labute approximate surface area is 301 Å². The molecule has 4 aromatic rings. The summed E-state index contributed by atoms with van der Waals surface area (Å²) in [5, 5.41) is 4.69. The number of carbonyl (C=O) groups is 1. The zero-order valence-corrected chi connectivity index (χ0v) is 30.9. The number of anilines is 1. The number of methoxy groups -OCH3 is 1. The Bertz CT molecular complexity index is 1980. The summed E-state index contributed by atoms with van der Waals surface area (Å²) in [6, 6.07) is 16.9. The van der Waals surface area contributed by atoms with E-state index in [2.05, 4.69) is 15.0 Å². The van der Waals surface area contributed by atoms with Crippen LogP contribution >= 0.6 is 11.6 Å². The lowest BCUT2D eigenvalue weighted by Crippen LogP contribution is -2.52. The number of amides is 1. The number of sulfonamides is 1. The van der Waals surface area contributed by atoms with Crippen LogP contribution in [0, 0.1) is 11.7 Å². The molecule has 0 spiro atoms. The zero-order valence-electron chi connectivity index (χ0n) is 28.5. The molecular weight excluding hydrogens is 699 g/mol. The summed E-state index contributed by atoms with van der Waals surface area (Å²) in [5.74, 6) is -0.825. The lowest BCUT2D eigenvalue weighted by atomic mass is 9.79. The molecule has 1 saturated carbocycles. The first-order valence-corrected chi connectivity index (χ1v) is 19.6. The van der Waals surface area contributed by atoms with Gasteiger partial charge in [-0.1, -0.05) is 42.6 Å². The summed E-state index contributed by atoms with van der Waals surface area (Å²) in [6.07, 6.45) is 6.54. The molecule has 1 amide bonds. The first kappa shape index (κ1) is 36.7. The van der Waals surface area contributed by atoms with Gasteiger partial charge in [0.2, 0.25) is 15.9 Å².